The van der Waals surface area contributed by atoms with Gasteiger partial charge in [-0.1, -0.05) is 24.3 Å². The Labute approximate surface area is 162 Å². The molecule has 8 heteroatoms. The number of nitrogens with zero attached hydrogens (tertiary/aromatic N) is 2. The molecule has 2 aliphatic heterocycles. The SMILES string of the molecule is CC1CCC(C(=O)O)CN1C(=O)CN1C(=O)NC2(CCc3ccccc32)C1=O. The van der Waals surface area contributed by atoms with Crippen LogP contribution in [0.4, 0.5) is 4.79 Å². The minimum atomic E-state index is -1.09. The summed E-state index contributed by atoms with van der Waals surface area (Å²) in [5.74, 6) is -2.35. The van der Waals surface area contributed by atoms with Crippen molar-refractivity contribution in [1.82, 2.24) is 15.1 Å². The fourth-order valence-electron chi connectivity index (χ4n) is 4.62. The highest BCUT2D eigenvalue weighted by Crippen LogP contribution is 2.41. The van der Waals surface area contributed by atoms with Gasteiger partial charge in [0, 0.05) is 12.6 Å². The molecule has 3 aliphatic rings. The van der Waals surface area contributed by atoms with Crippen molar-refractivity contribution in [3.8, 4) is 0 Å². The third-order valence-electron chi connectivity index (χ3n) is 6.27. The van der Waals surface area contributed by atoms with E-state index in [1.807, 2.05) is 31.2 Å². The number of benzene rings is 1. The van der Waals surface area contributed by atoms with Crippen molar-refractivity contribution >= 4 is 23.8 Å². The molecule has 4 rings (SSSR count). The topological polar surface area (TPSA) is 107 Å². The van der Waals surface area contributed by atoms with Gasteiger partial charge in [0.1, 0.15) is 12.1 Å². The Morgan fingerprint density at radius 3 is 2.75 bits per heavy atom. The number of hydrogen-bond donors (Lipinski definition) is 2. The summed E-state index contributed by atoms with van der Waals surface area (Å²) >= 11 is 0. The largest absolute Gasteiger partial charge is 0.481 e. The molecule has 0 radical (unpaired) electrons. The van der Waals surface area contributed by atoms with Gasteiger partial charge in [-0.25, -0.2) is 4.79 Å². The molecule has 148 valence electrons. The molecular formula is C20H23N3O5. The fraction of sp³-hybridized carbons (Fsp3) is 0.500. The van der Waals surface area contributed by atoms with E-state index in [1.165, 1.54) is 4.90 Å². The lowest BCUT2D eigenvalue weighted by molar-refractivity contribution is -0.148. The molecule has 1 aromatic carbocycles. The van der Waals surface area contributed by atoms with Gasteiger partial charge in [-0.2, -0.15) is 0 Å². The van der Waals surface area contributed by atoms with Crippen molar-refractivity contribution in [2.24, 2.45) is 5.92 Å². The van der Waals surface area contributed by atoms with Crippen LogP contribution in [0.15, 0.2) is 24.3 Å². The van der Waals surface area contributed by atoms with E-state index in [1.54, 1.807) is 0 Å². The number of aryl methyl sites for hydroxylation is 1. The van der Waals surface area contributed by atoms with E-state index < -0.39 is 35.3 Å². The molecule has 1 spiro atoms. The van der Waals surface area contributed by atoms with Crippen LogP contribution in [0.5, 0.6) is 0 Å². The Morgan fingerprint density at radius 2 is 2.00 bits per heavy atom. The molecule has 2 saturated heterocycles. The van der Waals surface area contributed by atoms with Gasteiger partial charge in [0.25, 0.3) is 5.91 Å². The molecule has 3 atom stereocenters. The molecule has 4 amide bonds. The maximum atomic E-state index is 13.2. The van der Waals surface area contributed by atoms with Crippen LogP contribution in [0.1, 0.15) is 37.3 Å². The van der Waals surface area contributed by atoms with Crippen molar-refractivity contribution in [2.75, 3.05) is 13.1 Å². The zero-order valence-electron chi connectivity index (χ0n) is 15.7. The summed E-state index contributed by atoms with van der Waals surface area (Å²) in [5.41, 5.74) is 0.726. The van der Waals surface area contributed by atoms with Crippen molar-refractivity contribution in [2.45, 2.75) is 44.2 Å². The summed E-state index contributed by atoms with van der Waals surface area (Å²) in [7, 11) is 0. The maximum Gasteiger partial charge on any atom is 0.325 e. The second-order valence-electron chi connectivity index (χ2n) is 7.89. The van der Waals surface area contributed by atoms with Crippen molar-refractivity contribution in [1.29, 1.82) is 0 Å². The van der Waals surface area contributed by atoms with E-state index in [0.717, 1.165) is 16.0 Å². The number of carbonyl (C=O) groups is 4. The Hall–Kier alpha value is -2.90. The number of fused-ring (bicyclic) bond motifs is 2. The zero-order chi connectivity index (χ0) is 20.1. The number of piperidine rings is 1. The standard InChI is InChI=1S/C20H23N3O5/c1-12-6-7-14(17(25)26)10-22(12)16(24)11-23-18(27)20(21-19(23)28)9-8-13-4-2-3-5-15(13)20/h2-5,12,14H,6-11H2,1H3,(H,21,28)(H,25,26). The van der Waals surface area contributed by atoms with Crippen LogP contribution >= 0.6 is 0 Å². The summed E-state index contributed by atoms with van der Waals surface area (Å²) in [6.45, 7) is 1.59. The Morgan fingerprint density at radius 1 is 1.25 bits per heavy atom. The van der Waals surface area contributed by atoms with E-state index in [-0.39, 0.29) is 19.1 Å². The van der Waals surface area contributed by atoms with Crippen LogP contribution in [-0.2, 0) is 26.3 Å². The second kappa shape index (κ2) is 6.61. The molecule has 2 N–H and O–H groups in total. The van der Waals surface area contributed by atoms with Crippen molar-refractivity contribution in [3.05, 3.63) is 35.4 Å². The number of hydrogen-bond acceptors (Lipinski definition) is 4. The highest BCUT2D eigenvalue weighted by atomic mass is 16.4. The predicted octanol–water partition coefficient (Wildman–Crippen LogP) is 1.09. The fourth-order valence-corrected chi connectivity index (χ4v) is 4.62. The molecule has 28 heavy (non-hydrogen) atoms. The minimum absolute atomic E-state index is 0.104. The lowest BCUT2D eigenvalue weighted by atomic mass is 9.91. The number of amides is 4. The van der Waals surface area contributed by atoms with Crippen LogP contribution < -0.4 is 5.32 Å². The molecule has 0 aromatic heterocycles. The molecule has 0 bridgehead atoms. The van der Waals surface area contributed by atoms with Gasteiger partial charge >= 0.3 is 12.0 Å². The Balaban J connectivity index is 1.53. The molecule has 0 saturated carbocycles. The number of nitrogens with one attached hydrogen (secondary N) is 1. The summed E-state index contributed by atoms with van der Waals surface area (Å²) in [4.78, 5) is 52.3. The van der Waals surface area contributed by atoms with Gasteiger partial charge in [0.05, 0.1) is 5.92 Å². The molecule has 1 aliphatic carbocycles. The number of carboxylic acid groups (broad SMARTS) is 1. The first-order chi connectivity index (χ1) is 13.3. The molecule has 8 nitrogen and oxygen atoms in total. The molecule has 1 aromatic rings. The lowest BCUT2D eigenvalue weighted by Crippen LogP contribution is -2.51. The summed E-state index contributed by atoms with van der Waals surface area (Å²) < 4.78 is 0. The number of carbonyl (C=O) groups excluding carboxylic acids is 3. The first kappa shape index (κ1) is 18.5. The predicted molar refractivity (Wildman–Crippen MR) is 98.2 cm³/mol. The second-order valence-corrected chi connectivity index (χ2v) is 7.89. The third kappa shape index (κ3) is 2.75. The highest BCUT2D eigenvalue weighted by Gasteiger charge is 2.55. The molecule has 2 fully saturated rings. The van der Waals surface area contributed by atoms with Crippen LogP contribution in [-0.4, -0.2) is 57.9 Å². The van der Waals surface area contributed by atoms with E-state index in [9.17, 15) is 24.3 Å². The van der Waals surface area contributed by atoms with Gasteiger partial charge in [0.15, 0.2) is 0 Å². The lowest BCUT2D eigenvalue weighted by Gasteiger charge is -2.37. The number of likely N-dealkylation sites (tertiary alicyclic amines) is 1. The summed E-state index contributed by atoms with van der Waals surface area (Å²) in [6, 6.07) is 6.83. The number of urea groups is 1. The zero-order valence-corrected chi connectivity index (χ0v) is 15.7. The minimum Gasteiger partial charge on any atom is -0.481 e. The molecular weight excluding hydrogens is 362 g/mol. The molecule has 2 heterocycles. The van der Waals surface area contributed by atoms with E-state index in [4.69, 9.17) is 0 Å². The van der Waals surface area contributed by atoms with Crippen LogP contribution in [0.2, 0.25) is 0 Å². The monoisotopic (exact) mass is 385 g/mol. The van der Waals surface area contributed by atoms with Crippen molar-refractivity contribution < 1.29 is 24.3 Å². The number of aliphatic carboxylic acids is 1. The van der Waals surface area contributed by atoms with Crippen LogP contribution in [0.25, 0.3) is 0 Å². The van der Waals surface area contributed by atoms with Gasteiger partial charge in [-0.15, -0.1) is 0 Å². The van der Waals surface area contributed by atoms with Crippen LogP contribution in [0.3, 0.4) is 0 Å². The number of carboxylic acids is 1. The van der Waals surface area contributed by atoms with Crippen LogP contribution in [0, 0.1) is 5.92 Å². The number of imide groups is 1. The first-order valence-electron chi connectivity index (χ1n) is 9.58. The van der Waals surface area contributed by atoms with E-state index in [2.05, 4.69) is 5.32 Å². The van der Waals surface area contributed by atoms with Gasteiger partial charge in [-0.3, -0.25) is 19.3 Å². The maximum absolute atomic E-state index is 13.2. The molecule has 3 unspecified atom stereocenters. The first-order valence-corrected chi connectivity index (χ1v) is 9.58. The van der Waals surface area contributed by atoms with Crippen molar-refractivity contribution in [3.63, 3.8) is 0 Å². The average Bonchev–Trinajstić information content (AvgIpc) is 3.15. The average molecular weight is 385 g/mol. The Bertz CT molecular complexity index is 869. The number of rotatable bonds is 3. The highest BCUT2D eigenvalue weighted by molar-refractivity contribution is 6.10. The third-order valence-corrected chi connectivity index (χ3v) is 6.27. The Kier molecular flexibility index (Phi) is 4.36. The quantitative estimate of drug-likeness (QED) is 0.758. The van der Waals surface area contributed by atoms with Gasteiger partial charge < -0.3 is 15.3 Å². The van der Waals surface area contributed by atoms with E-state index >= 15 is 0 Å². The van der Waals surface area contributed by atoms with Gasteiger partial charge in [-0.05, 0) is 43.7 Å². The summed E-state index contributed by atoms with van der Waals surface area (Å²) in [5, 5.41) is 12.1. The smallest absolute Gasteiger partial charge is 0.325 e. The normalized spacial score (nSPS) is 29.2. The summed E-state index contributed by atoms with van der Waals surface area (Å²) in [6.07, 6.45) is 2.26. The van der Waals surface area contributed by atoms with Gasteiger partial charge in [0.2, 0.25) is 5.91 Å². The van der Waals surface area contributed by atoms with E-state index in [0.29, 0.717) is 25.7 Å².